The Hall–Kier alpha value is -4.53. The first-order valence-electron chi connectivity index (χ1n) is 10.0. The molecule has 0 radical (unpaired) electrons. The molecule has 0 aliphatic carbocycles. The van der Waals surface area contributed by atoms with Gasteiger partial charge in [-0.15, -0.1) is 0 Å². The minimum Gasteiger partial charge on any atom is -0.507 e. The molecule has 0 bridgehead atoms. The van der Waals surface area contributed by atoms with Crippen molar-refractivity contribution in [2.24, 2.45) is 5.92 Å². The molecule has 0 fully saturated rings. The molecule has 0 amide bonds. The van der Waals surface area contributed by atoms with Gasteiger partial charge >= 0.3 is 18.1 Å². The molecule has 9 nitrogen and oxygen atoms in total. The van der Waals surface area contributed by atoms with Gasteiger partial charge in [-0.05, 0) is 42.3 Å². The van der Waals surface area contributed by atoms with Gasteiger partial charge in [0, 0.05) is 0 Å². The van der Waals surface area contributed by atoms with Crippen molar-refractivity contribution < 1.29 is 44.3 Å². The Morgan fingerprint density at radius 2 is 1.26 bits per heavy atom. The normalized spacial score (nSPS) is 9.50. The van der Waals surface area contributed by atoms with Gasteiger partial charge in [-0.1, -0.05) is 56.3 Å². The highest BCUT2D eigenvalue weighted by atomic mass is 16.6. The number of ether oxygens (including phenoxy) is 2. The van der Waals surface area contributed by atoms with Crippen LogP contribution in [-0.2, 0) is 4.74 Å². The summed E-state index contributed by atoms with van der Waals surface area (Å²) < 4.78 is 10.5. The molecule has 0 atom stereocenters. The molecule has 0 unspecified atom stereocenters. The molecular formula is C25H26O9. The Morgan fingerprint density at radius 3 is 1.79 bits per heavy atom. The number of benzene rings is 3. The predicted molar refractivity (Wildman–Crippen MR) is 124 cm³/mol. The number of rotatable bonds is 6. The Bertz CT molecular complexity index is 1060. The zero-order chi connectivity index (χ0) is 25.5. The lowest BCUT2D eigenvalue weighted by atomic mass is 10.2. The number of aromatic hydroxyl groups is 1. The molecule has 3 aromatic carbocycles. The zero-order valence-electron chi connectivity index (χ0n) is 18.6. The lowest BCUT2D eigenvalue weighted by Crippen LogP contribution is -2.10. The number of carboxylic acid groups (broad SMARTS) is 3. The summed E-state index contributed by atoms with van der Waals surface area (Å²) in [5, 5.41) is 32.3. The molecule has 0 spiro atoms. The number of carbonyl (C=O) groups is 3. The minimum atomic E-state index is -1.83. The van der Waals surface area contributed by atoms with E-state index in [1.54, 1.807) is 42.5 Å². The zero-order valence-corrected chi connectivity index (χ0v) is 18.6. The molecule has 9 heteroatoms. The monoisotopic (exact) mass is 470 g/mol. The van der Waals surface area contributed by atoms with Crippen LogP contribution in [-0.4, -0.2) is 45.1 Å². The van der Waals surface area contributed by atoms with Crippen molar-refractivity contribution in [3.63, 3.8) is 0 Å². The first-order chi connectivity index (χ1) is 16.1. The molecule has 0 saturated heterocycles. The third-order valence-electron chi connectivity index (χ3n) is 3.76. The third-order valence-corrected chi connectivity index (χ3v) is 3.76. The highest BCUT2D eigenvalue weighted by molar-refractivity contribution is 5.92. The summed E-state index contributed by atoms with van der Waals surface area (Å²) >= 11 is 0. The minimum absolute atomic E-state index is 0.0405. The van der Waals surface area contributed by atoms with E-state index >= 15 is 0 Å². The Balaban J connectivity index is 0.000000297. The van der Waals surface area contributed by atoms with Crippen molar-refractivity contribution >= 4 is 18.1 Å². The lowest BCUT2D eigenvalue weighted by Gasteiger charge is -2.07. The summed E-state index contributed by atoms with van der Waals surface area (Å²) in [6, 6.07) is 22.0. The van der Waals surface area contributed by atoms with Crippen molar-refractivity contribution in [2.75, 3.05) is 6.61 Å². The van der Waals surface area contributed by atoms with Crippen molar-refractivity contribution in [2.45, 2.75) is 13.8 Å². The van der Waals surface area contributed by atoms with Gasteiger partial charge in [0.2, 0.25) is 0 Å². The second kappa shape index (κ2) is 14.5. The number of hydrogen-bond acceptors (Lipinski definition) is 6. The SMILES string of the molecule is CC(C)COC(=O)c1ccccc1O.O=C(O)O.O=C(O)c1ccccc1Oc1ccccc1. The Labute approximate surface area is 196 Å². The maximum Gasteiger partial charge on any atom is 0.503 e. The van der Waals surface area contributed by atoms with E-state index in [1.807, 2.05) is 32.0 Å². The first-order valence-corrected chi connectivity index (χ1v) is 10.0. The van der Waals surface area contributed by atoms with Crippen LogP contribution in [0, 0.1) is 5.92 Å². The molecule has 4 N–H and O–H groups in total. The predicted octanol–water partition coefficient (Wildman–Crippen LogP) is 5.60. The molecule has 34 heavy (non-hydrogen) atoms. The molecule has 3 aromatic rings. The fourth-order valence-electron chi connectivity index (χ4n) is 2.31. The fourth-order valence-corrected chi connectivity index (χ4v) is 2.31. The molecular weight excluding hydrogens is 444 g/mol. The molecule has 3 rings (SSSR count). The molecule has 0 saturated carbocycles. The van der Waals surface area contributed by atoms with E-state index in [9.17, 15) is 14.7 Å². The van der Waals surface area contributed by atoms with Gasteiger partial charge in [0.25, 0.3) is 0 Å². The molecule has 0 aromatic heterocycles. The maximum absolute atomic E-state index is 11.4. The third kappa shape index (κ3) is 10.7. The average Bonchev–Trinajstić information content (AvgIpc) is 2.79. The summed E-state index contributed by atoms with van der Waals surface area (Å²) in [6.07, 6.45) is -1.83. The standard InChI is InChI=1S/C13H10O3.C11H14O3.CH2O3/c14-13(15)11-8-4-5-9-12(11)16-10-6-2-1-3-7-10;1-8(2)7-14-11(13)9-5-3-4-6-10(9)12;2-1(3)4/h1-9H,(H,14,15);3-6,8,12H,7H2,1-2H3;(H2,2,3,4). The van der Waals surface area contributed by atoms with Crippen LogP contribution >= 0.6 is 0 Å². The van der Waals surface area contributed by atoms with Crippen LogP contribution in [0.1, 0.15) is 34.6 Å². The van der Waals surface area contributed by atoms with Crippen LogP contribution in [0.3, 0.4) is 0 Å². The molecule has 0 aliphatic heterocycles. The van der Waals surface area contributed by atoms with Crippen molar-refractivity contribution in [3.8, 4) is 17.2 Å². The summed E-state index contributed by atoms with van der Waals surface area (Å²) in [5.74, 6) is -0.244. The first kappa shape index (κ1) is 27.5. The number of para-hydroxylation sites is 3. The van der Waals surface area contributed by atoms with E-state index in [4.69, 9.17) is 29.6 Å². The van der Waals surface area contributed by atoms with E-state index < -0.39 is 18.1 Å². The largest absolute Gasteiger partial charge is 0.507 e. The second-order valence-electron chi connectivity index (χ2n) is 7.01. The highest BCUT2D eigenvalue weighted by Gasteiger charge is 2.12. The van der Waals surface area contributed by atoms with Crippen LogP contribution in [0.4, 0.5) is 4.79 Å². The number of phenolic OH excluding ortho intramolecular Hbond substituents is 1. The van der Waals surface area contributed by atoms with E-state index in [0.29, 0.717) is 24.0 Å². The number of hydrogen-bond donors (Lipinski definition) is 4. The van der Waals surface area contributed by atoms with Crippen molar-refractivity contribution in [1.29, 1.82) is 0 Å². The lowest BCUT2D eigenvalue weighted by molar-refractivity contribution is 0.0455. The molecule has 180 valence electrons. The fraction of sp³-hybridized carbons (Fsp3) is 0.160. The number of carbonyl (C=O) groups excluding carboxylic acids is 1. The molecule has 0 heterocycles. The van der Waals surface area contributed by atoms with Crippen LogP contribution < -0.4 is 4.74 Å². The quantitative estimate of drug-likeness (QED) is 0.337. The van der Waals surface area contributed by atoms with E-state index in [1.165, 1.54) is 18.2 Å². The summed E-state index contributed by atoms with van der Waals surface area (Å²) in [6.45, 7) is 4.28. The van der Waals surface area contributed by atoms with Gasteiger partial charge in [0.05, 0.1) is 6.61 Å². The van der Waals surface area contributed by atoms with E-state index in [2.05, 4.69) is 0 Å². The Morgan fingerprint density at radius 1 is 0.765 bits per heavy atom. The average molecular weight is 470 g/mol. The summed E-state index contributed by atoms with van der Waals surface area (Å²) in [4.78, 5) is 30.9. The van der Waals surface area contributed by atoms with Crippen molar-refractivity contribution in [3.05, 3.63) is 90.0 Å². The smallest absolute Gasteiger partial charge is 0.503 e. The number of esters is 1. The van der Waals surface area contributed by atoms with E-state index in [0.717, 1.165) is 0 Å². The van der Waals surface area contributed by atoms with Gasteiger partial charge in [-0.2, -0.15) is 0 Å². The topological polar surface area (TPSA) is 151 Å². The van der Waals surface area contributed by atoms with Crippen molar-refractivity contribution in [1.82, 2.24) is 0 Å². The van der Waals surface area contributed by atoms with Gasteiger partial charge in [-0.3, -0.25) is 0 Å². The summed E-state index contributed by atoms with van der Waals surface area (Å²) in [7, 11) is 0. The van der Waals surface area contributed by atoms with Crippen LogP contribution in [0.25, 0.3) is 0 Å². The maximum atomic E-state index is 11.4. The van der Waals surface area contributed by atoms with Crippen LogP contribution in [0.2, 0.25) is 0 Å². The van der Waals surface area contributed by atoms with E-state index in [-0.39, 0.29) is 16.9 Å². The summed E-state index contributed by atoms with van der Waals surface area (Å²) in [5.41, 5.74) is 0.375. The van der Waals surface area contributed by atoms with Crippen LogP contribution in [0.15, 0.2) is 78.9 Å². The van der Waals surface area contributed by atoms with Gasteiger partial charge < -0.3 is 29.9 Å². The van der Waals surface area contributed by atoms with Gasteiger partial charge in [-0.25, -0.2) is 14.4 Å². The van der Waals surface area contributed by atoms with Gasteiger partial charge in [0.1, 0.15) is 28.4 Å². The number of carboxylic acids is 1. The van der Waals surface area contributed by atoms with Crippen LogP contribution in [0.5, 0.6) is 17.2 Å². The number of aromatic carboxylic acids is 1. The molecule has 0 aliphatic rings. The number of phenols is 1. The van der Waals surface area contributed by atoms with Gasteiger partial charge in [0.15, 0.2) is 0 Å². The second-order valence-corrected chi connectivity index (χ2v) is 7.01. The Kier molecular flexibility index (Phi) is 11.7. The highest BCUT2D eigenvalue weighted by Crippen LogP contribution is 2.24.